The highest BCUT2D eigenvalue weighted by Gasteiger charge is 2.29. The third kappa shape index (κ3) is 4.96. The summed E-state index contributed by atoms with van der Waals surface area (Å²) in [6.45, 7) is 1.48. The fraction of sp³-hybridized carbons (Fsp3) is 0.235. The molecule has 0 aliphatic heterocycles. The smallest absolute Gasteiger partial charge is 0.247 e. The molecular formula is C17H19FN2O3S2. The molecule has 0 aromatic heterocycles. The molecule has 0 saturated heterocycles. The van der Waals surface area contributed by atoms with Crippen molar-refractivity contribution in [1.29, 1.82) is 0 Å². The van der Waals surface area contributed by atoms with Gasteiger partial charge in [0.15, 0.2) is 0 Å². The van der Waals surface area contributed by atoms with Gasteiger partial charge in [-0.1, -0.05) is 6.07 Å². The number of nitrogens with zero attached hydrogens (tertiary/aromatic N) is 1. The number of amides is 1. The largest absolute Gasteiger partial charge is 0.324 e. The van der Waals surface area contributed by atoms with Crippen LogP contribution in [0.4, 0.5) is 15.8 Å². The molecule has 0 radical (unpaired) electrons. The molecule has 0 bridgehead atoms. The molecule has 25 heavy (non-hydrogen) atoms. The Morgan fingerprint density at radius 1 is 1.20 bits per heavy atom. The maximum absolute atomic E-state index is 13.1. The van der Waals surface area contributed by atoms with Gasteiger partial charge in [0.25, 0.3) is 0 Å². The van der Waals surface area contributed by atoms with Crippen LogP contribution < -0.4 is 9.62 Å². The maximum Gasteiger partial charge on any atom is 0.247 e. The molecule has 0 saturated carbocycles. The number of thioether (sulfide) groups is 1. The Kier molecular flexibility index (Phi) is 6.07. The molecule has 1 amide bonds. The van der Waals surface area contributed by atoms with E-state index in [1.54, 1.807) is 18.2 Å². The Bertz CT molecular complexity index is 854. The number of halogens is 1. The standard InChI is InChI=1S/C17H19FN2O3S2/c1-12(17(21)19-14-5-4-6-16(11-14)24-2)20(25(3,22)23)15-9-7-13(18)8-10-15/h4-12H,1-3H3,(H,19,21). The van der Waals surface area contributed by atoms with Crippen LogP contribution in [0, 0.1) is 5.82 Å². The molecule has 0 spiro atoms. The molecule has 0 fully saturated rings. The van der Waals surface area contributed by atoms with E-state index >= 15 is 0 Å². The third-order valence-electron chi connectivity index (χ3n) is 3.51. The molecule has 1 N–H and O–H groups in total. The van der Waals surface area contributed by atoms with Crippen molar-refractivity contribution in [3.63, 3.8) is 0 Å². The molecule has 2 rings (SSSR count). The van der Waals surface area contributed by atoms with Crippen LogP contribution in [0.25, 0.3) is 0 Å². The average Bonchev–Trinajstić information content (AvgIpc) is 2.55. The fourth-order valence-corrected chi connectivity index (χ4v) is 3.98. The molecule has 2 aromatic carbocycles. The van der Waals surface area contributed by atoms with Gasteiger partial charge in [-0.2, -0.15) is 0 Å². The average molecular weight is 382 g/mol. The number of sulfonamides is 1. The SMILES string of the molecule is CSc1cccc(NC(=O)C(C)N(c2ccc(F)cc2)S(C)(=O)=O)c1. The van der Waals surface area contributed by atoms with Crippen LogP contribution in [0.1, 0.15) is 6.92 Å². The van der Waals surface area contributed by atoms with Gasteiger partial charge in [-0.15, -0.1) is 11.8 Å². The first-order valence-electron chi connectivity index (χ1n) is 7.42. The Hall–Kier alpha value is -2.06. The first kappa shape index (κ1) is 19.3. The highest BCUT2D eigenvalue weighted by Crippen LogP contribution is 2.23. The first-order chi connectivity index (χ1) is 11.7. The van der Waals surface area contributed by atoms with Crippen LogP contribution in [0.5, 0.6) is 0 Å². The van der Waals surface area contributed by atoms with Crippen molar-refractivity contribution in [2.75, 3.05) is 22.1 Å². The van der Waals surface area contributed by atoms with Crippen LogP contribution in [-0.4, -0.2) is 32.9 Å². The number of carbonyl (C=O) groups is 1. The minimum Gasteiger partial charge on any atom is -0.324 e. The van der Waals surface area contributed by atoms with Crippen molar-refractivity contribution in [1.82, 2.24) is 0 Å². The van der Waals surface area contributed by atoms with Crippen LogP contribution in [-0.2, 0) is 14.8 Å². The van der Waals surface area contributed by atoms with Crippen LogP contribution in [0.3, 0.4) is 0 Å². The lowest BCUT2D eigenvalue weighted by Gasteiger charge is -2.28. The summed E-state index contributed by atoms with van der Waals surface area (Å²) in [7, 11) is -3.73. The zero-order valence-corrected chi connectivity index (χ0v) is 15.7. The van der Waals surface area contributed by atoms with Crippen LogP contribution >= 0.6 is 11.8 Å². The number of rotatable bonds is 6. The van der Waals surface area contributed by atoms with Gasteiger partial charge in [-0.05, 0) is 55.6 Å². The van der Waals surface area contributed by atoms with Gasteiger partial charge < -0.3 is 5.32 Å². The molecule has 0 aliphatic rings. The zero-order chi connectivity index (χ0) is 18.6. The predicted octanol–water partition coefficient (Wildman–Crippen LogP) is 3.34. The molecule has 134 valence electrons. The highest BCUT2D eigenvalue weighted by molar-refractivity contribution is 7.98. The van der Waals surface area contributed by atoms with Crippen molar-refractivity contribution in [3.05, 3.63) is 54.3 Å². The second-order valence-electron chi connectivity index (χ2n) is 5.43. The Morgan fingerprint density at radius 2 is 1.84 bits per heavy atom. The van der Waals surface area contributed by atoms with Gasteiger partial charge in [0.05, 0.1) is 11.9 Å². The number of anilines is 2. The van der Waals surface area contributed by atoms with E-state index in [2.05, 4.69) is 5.32 Å². The predicted molar refractivity (Wildman–Crippen MR) is 100 cm³/mol. The van der Waals surface area contributed by atoms with Gasteiger partial charge in [0.1, 0.15) is 11.9 Å². The monoisotopic (exact) mass is 382 g/mol. The van der Waals surface area contributed by atoms with E-state index in [1.807, 2.05) is 12.3 Å². The summed E-state index contributed by atoms with van der Waals surface area (Å²) in [6, 6.07) is 11.2. The molecule has 0 aliphatic carbocycles. The minimum atomic E-state index is -3.73. The van der Waals surface area contributed by atoms with Crippen molar-refractivity contribution in [2.45, 2.75) is 17.9 Å². The molecule has 5 nitrogen and oxygen atoms in total. The van der Waals surface area contributed by atoms with Crippen LogP contribution in [0.2, 0.25) is 0 Å². The number of nitrogens with one attached hydrogen (secondary N) is 1. The van der Waals surface area contributed by atoms with Crippen LogP contribution in [0.15, 0.2) is 53.4 Å². The summed E-state index contributed by atoms with van der Waals surface area (Å²) < 4.78 is 38.4. The van der Waals surface area contributed by atoms with Crippen molar-refractivity contribution < 1.29 is 17.6 Å². The summed E-state index contributed by atoms with van der Waals surface area (Å²) in [5.74, 6) is -0.962. The summed E-state index contributed by atoms with van der Waals surface area (Å²) >= 11 is 1.53. The number of hydrogen-bond acceptors (Lipinski definition) is 4. The molecule has 1 unspecified atom stereocenters. The van der Waals surface area contributed by atoms with Gasteiger partial charge in [-0.25, -0.2) is 12.8 Å². The number of benzene rings is 2. The van der Waals surface area contributed by atoms with E-state index < -0.39 is 27.8 Å². The summed E-state index contributed by atoms with van der Waals surface area (Å²) in [4.78, 5) is 13.5. The lowest BCUT2D eigenvalue weighted by Crippen LogP contribution is -2.45. The summed E-state index contributed by atoms with van der Waals surface area (Å²) in [5, 5.41) is 2.72. The molecule has 0 heterocycles. The highest BCUT2D eigenvalue weighted by atomic mass is 32.2. The summed E-state index contributed by atoms with van der Waals surface area (Å²) in [5.41, 5.74) is 0.806. The topological polar surface area (TPSA) is 66.5 Å². The van der Waals surface area contributed by atoms with Crippen molar-refractivity contribution >= 4 is 39.1 Å². The van der Waals surface area contributed by atoms with Gasteiger partial charge >= 0.3 is 0 Å². The van der Waals surface area contributed by atoms with E-state index in [4.69, 9.17) is 0 Å². The third-order valence-corrected chi connectivity index (χ3v) is 5.47. The molecule has 2 aromatic rings. The second kappa shape index (κ2) is 7.88. The van der Waals surface area contributed by atoms with Crippen molar-refractivity contribution in [2.24, 2.45) is 0 Å². The first-order valence-corrected chi connectivity index (χ1v) is 10.5. The molecule has 1 atom stereocenters. The van der Waals surface area contributed by atoms with E-state index in [9.17, 15) is 17.6 Å². The molecular weight excluding hydrogens is 363 g/mol. The maximum atomic E-state index is 13.1. The van der Waals surface area contributed by atoms with E-state index in [1.165, 1.54) is 30.8 Å². The quantitative estimate of drug-likeness (QED) is 0.778. The van der Waals surface area contributed by atoms with Gasteiger partial charge in [0.2, 0.25) is 15.9 Å². The number of carbonyl (C=O) groups excluding carboxylic acids is 1. The Labute approximate surface area is 151 Å². The summed E-state index contributed by atoms with van der Waals surface area (Å²) in [6.07, 6.45) is 2.93. The Balaban J connectivity index is 2.28. The van der Waals surface area contributed by atoms with E-state index in [-0.39, 0.29) is 5.69 Å². The normalized spacial score (nSPS) is 12.5. The van der Waals surface area contributed by atoms with Crippen molar-refractivity contribution in [3.8, 4) is 0 Å². The Morgan fingerprint density at radius 3 is 2.40 bits per heavy atom. The van der Waals surface area contributed by atoms with Gasteiger partial charge in [-0.3, -0.25) is 9.10 Å². The second-order valence-corrected chi connectivity index (χ2v) is 8.17. The molecule has 8 heteroatoms. The van der Waals surface area contributed by atoms with E-state index in [0.29, 0.717) is 5.69 Å². The number of hydrogen-bond donors (Lipinski definition) is 1. The fourth-order valence-electron chi connectivity index (χ4n) is 2.34. The lowest BCUT2D eigenvalue weighted by molar-refractivity contribution is -0.116. The van der Waals surface area contributed by atoms with E-state index in [0.717, 1.165) is 27.6 Å². The minimum absolute atomic E-state index is 0.226. The van der Waals surface area contributed by atoms with Gasteiger partial charge in [0, 0.05) is 10.6 Å². The zero-order valence-electron chi connectivity index (χ0n) is 14.1. The lowest BCUT2D eigenvalue weighted by atomic mass is 10.2.